The number of nitrogens with two attached hydrogens (primary N) is 1. The Balaban J connectivity index is 1.77. The molecule has 0 aliphatic carbocycles. The van der Waals surface area contributed by atoms with Crippen molar-refractivity contribution >= 4 is 57.6 Å². The number of anilines is 1. The van der Waals surface area contributed by atoms with E-state index >= 15 is 0 Å². The molecule has 2 atom stereocenters. The van der Waals surface area contributed by atoms with Gasteiger partial charge in [-0.2, -0.15) is 0 Å². The van der Waals surface area contributed by atoms with Gasteiger partial charge in [0.2, 0.25) is 5.91 Å². The quantitative estimate of drug-likeness (QED) is 0.244. The maximum absolute atomic E-state index is 12.8. The number of rotatable bonds is 8. The number of esters is 1. The summed E-state index contributed by atoms with van der Waals surface area (Å²) in [5.41, 5.74) is 5.93. The third-order valence-electron chi connectivity index (χ3n) is 4.43. The van der Waals surface area contributed by atoms with Gasteiger partial charge in [0.1, 0.15) is 25.1 Å². The van der Waals surface area contributed by atoms with E-state index in [0.717, 1.165) is 16.2 Å². The fraction of sp³-hybridized carbons (Fsp3) is 0.412. The molecule has 1 amide bonds. The molecule has 2 aliphatic heterocycles. The number of aromatic nitrogens is 1. The molecule has 1 fully saturated rings. The van der Waals surface area contributed by atoms with Crippen molar-refractivity contribution in [3.63, 3.8) is 0 Å². The highest BCUT2D eigenvalue weighted by Gasteiger charge is 2.54. The number of hydrogen-bond donors (Lipinski definition) is 2. The van der Waals surface area contributed by atoms with Gasteiger partial charge in [0, 0.05) is 30.1 Å². The van der Waals surface area contributed by atoms with Gasteiger partial charge in [-0.05, 0) is 0 Å². The Bertz CT molecular complexity index is 971. The summed E-state index contributed by atoms with van der Waals surface area (Å²) < 4.78 is 4.89. The van der Waals surface area contributed by atoms with Gasteiger partial charge in [-0.15, -0.1) is 23.1 Å². The number of fused-ring (bicyclic) bond motifs is 1. The third-order valence-corrected chi connectivity index (χ3v) is 6.50. The van der Waals surface area contributed by atoms with E-state index in [1.807, 2.05) is 0 Å². The van der Waals surface area contributed by atoms with E-state index in [0.29, 0.717) is 5.57 Å². The molecule has 3 rings (SSSR count). The molecule has 2 unspecified atom stereocenters. The van der Waals surface area contributed by atoms with E-state index < -0.39 is 34.9 Å². The molecule has 0 saturated carbocycles. The molecule has 11 nitrogen and oxygen atoms in total. The number of ketones is 1. The Morgan fingerprint density at radius 1 is 1.43 bits per heavy atom. The van der Waals surface area contributed by atoms with Gasteiger partial charge in [0.15, 0.2) is 16.6 Å². The highest BCUT2D eigenvalue weighted by atomic mass is 32.2. The van der Waals surface area contributed by atoms with Crippen LogP contribution in [0.3, 0.4) is 0 Å². The number of ether oxygens (including phenoxy) is 1. The summed E-state index contributed by atoms with van der Waals surface area (Å²) in [4.78, 5) is 58.1. The van der Waals surface area contributed by atoms with Crippen molar-refractivity contribution < 1.29 is 33.9 Å². The Morgan fingerprint density at radius 2 is 2.17 bits per heavy atom. The number of oxime groups is 1. The van der Waals surface area contributed by atoms with E-state index in [1.54, 1.807) is 5.38 Å². The Hall–Kier alpha value is -2.93. The van der Waals surface area contributed by atoms with Gasteiger partial charge in [-0.3, -0.25) is 19.3 Å². The normalized spacial score (nSPS) is 21.1. The van der Waals surface area contributed by atoms with Crippen molar-refractivity contribution in [2.75, 3.05) is 25.2 Å². The molecular formula is C17H18N4O7S2. The lowest BCUT2D eigenvalue weighted by Gasteiger charge is -2.49. The van der Waals surface area contributed by atoms with Crippen LogP contribution >= 0.6 is 23.1 Å². The maximum Gasteiger partial charge on any atom is 0.352 e. The number of thiazole rings is 1. The number of Topliss-reactive ketones (excluding diaryl/α,β-unsaturated/α-hetero) is 1. The number of carboxylic acid groups (broad SMARTS) is 1. The number of hydrogen-bond acceptors (Lipinski definition) is 11. The lowest BCUT2D eigenvalue weighted by Crippen LogP contribution is -2.62. The van der Waals surface area contributed by atoms with Crippen LogP contribution in [0.2, 0.25) is 0 Å². The number of carbonyl (C=O) groups is 4. The number of nitrogen functional groups attached to an aromatic ring is 1. The molecule has 1 aromatic rings. The number of carbonyl (C=O) groups excluding carboxylic acids is 3. The first kappa shape index (κ1) is 21.8. The largest absolute Gasteiger partial charge is 0.477 e. The molecule has 160 valence electrons. The number of thioether (sulfide) groups is 1. The SMILES string of the molecule is CO/N=C(\C(=O)CC1C(=O)N2C(C(=O)O)=C(COC(C)=O)CSC12)c1csc(N)n1. The molecule has 2 aliphatic rings. The second kappa shape index (κ2) is 8.83. The molecular weight excluding hydrogens is 436 g/mol. The zero-order chi connectivity index (χ0) is 22.0. The number of carboxylic acids is 1. The molecule has 3 heterocycles. The van der Waals surface area contributed by atoms with Crippen LogP contribution in [-0.4, -0.2) is 69.2 Å². The van der Waals surface area contributed by atoms with Crippen molar-refractivity contribution in [1.29, 1.82) is 0 Å². The van der Waals surface area contributed by atoms with E-state index in [2.05, 4.69) is 10.1 Å². The van der Waals surface area contributed by atoms with E-state index in [1.165, 1.54) is 25.8 Å². The van der Waals surface area contributed by atoms with Crippen LogP contribution in [0.4, 0.5) is 5.13 Å². The van der Waals surface area contributed by atoms with Gasteiger partial charge < -0.3 is 20.4 Å². The van der Waals surface area contributed by atoms with Crippen molar-refractivity contribution in [2.45, 2.75) is 18.7 Å². The van der Waals surface area contributed by atoms with E-state index in [-0.39, 0.29) is 41.0 Å². The second-order valence-corrected chi connectivity index (χ2v) is 8.37. The van der Waals surface area contributed by atoms with Gasteiger partial charge in [0.05, 0.1) is 11.3 Å². The number of nitrogens with zero attached hydrogens (tertiary/aromatic N) is 3. The average Bonchev–Trinajstić information content (AvgIpc) is 3.13. The number of β-lactam (4-membered cyclic amide) rings is 1. The van der Waals surface area contributed by atoms with Gasteiger partial charge >= 0.3 is 11.9 Å². The first-order chi connectivity index (χ1) is 14.2. The van der Waals surface area contributed by atoms with Crippen molar-refractivity contribution in [1.82, 2.24) is 9.88 Å². The molecule has 0 radical (unpaired) electrons. The number of amides is 1. The lowest BCUT2D eigenvalue weighted by molar-refractivity contribution is -0.153. The fourth-order valence-corrected chi connectivity index (χ4v) is 5.09. The van der Waals surface area contributed by atoms with Gasteiger partial charge in [-0.1, -0.05) is 5.16 Å². The fourth-order valence-electron chi connectivity index (χ4n) is 3.14. The highest BCUT2D eigenvalue weighted by Crippen LogP contribution is 2.45. The van der Waals surface area contributed by atoms with Gasteiger partial charge in [-0.25, -0.2) is 9.78 Å². The molecule has 30 heavy (non-hydrogen) atoms. The maximum atomic E-state index is 12.8. The molecule has 0 bridgehead atoms. The summed E-state index contributed by atoms with van der Waals surface area (Å²) in [6.07, 6.45) is -0.182. The Kier molecular flexibility index (Phi) is 6.41. The van der Waals surface area contributed by atoms with Crippen LogP contribution in [-0.2, 0) is 28.8 Å². The molecule has 0 aromatic carbocycles. The minimum absolute atomic E-state index is 0.0537. The third kappa shape index (κ3) is 4.16. The van der Waals surface area contributed by atoms with E-state index in [9.17, 15) is 24.3 Å². The monoisotopic (exact) mass is 454 g/mol. The van der Waals surface area contributed by atoms with Crippen LogP contribution in [0.25, 0.3) is 0 Å². The van der Waals surface area contributed by atoms with Crippen LogP contribution in [0.1, 0.15) is 19.0 Å². The lowest BCUT2D eigenvalue weighted by atomic mass is 9.89. The van der Waals surface area contributed by atoms with Crippen LogP contribution < -0.4 is 5.73 Å². The minimum atomic E-state index is -1.29. The van der Waals surface area contributed by atoms with Crippen LogP contribution in [0.5, 0.6) is 0 Å². The summed E-state index contributed by atoms with van der Waals surface area (Å²) in [6.45, 7) is 1.01. The van der Waals surface area contributed by atoms with Crippen molar-refractivity contribution in [3.05, 3.63) is 22.3 Å². The Labute approximate surface area is 178 Å². The van der Waals surface area contributed by atoms with Crippen LogP contribution in [0, 0.1) is 5.92 Å². The minimum Gasteiger partial charge on any atom is -0.477 e. The number of aliphatic carboxylic acids is 1. The standard InChI is InChI=1S/C17H18N4O7S2/c1-7(22)28-4-8-5-29-15-9(14(24)21(15)13(8)16(25)26)3-11(23)12(20-27-2)10-6-30-17(18)19-10/h6,9,15H,3-5H2,1-2H3,(H2,18,19)(H,25,26)/b20-12-. The predicted molar refractivity (Wildman–Crippen MR) is 108 cm³/mol. The smallest absolute Gasteiger partial charge is 0.352 e. The Morgan fingerprint density at radius 3 is 2.73 bits per heavy atom. The summed E-state index contributed by atoms with van der Waals surface area (Å²) in [5, 5.41) is 14.6. The van der Waals surface area contributed by atoms with Crippen molar-refractivity contribution in [3.8, 4) is 0 Å². The van der Waals surface area contributed by atoms with E-state index in [4.69, 9.17) is 15.3 Å². The highest BCUT2D eigenvalue weighted by molar-refractivity contribution is 8.00. The van der Waals surface area contributed by atoms with Gasteiger partial charge in [0.25, 0.3) is 0 Å². The summed E-state index contributed by atoms with van der Waals surface area (Å²) in [5.74, 6) is -3.26. The first-order valence-electron chi connectivity index (χ1n) is 8.63. The first-order valence-corrected chi connectivity index (χ1v) is 10.6. The molecule has 3 N–H and O–H groups in total. The summed E-state index contributed by atoms with van der Waals surface area (Å²) in [7, 11) is 1.28. The van der Waals surface area contributed by atoms with Crippen LogP contribution in [0.15, 0.2) is 21.8 Å². The van der Waals surface area contributed by atoms with Crippen molar-refractivity contribution in [2.24, 2.45) is 11.1 Å². The zero-order valence-electron chi connectivity index (χ0n) is 16.0. The second-order valence-electron chi connectivity index (χ2n) is 6.37. The molecule has 13 heteroatoms. The molecule has 0 spiro atoms. The average molecular weight is 454 g/mol. The molecule has 1 saturated heterocycles. The molecule has 1 aromatic heterocycles. The topological polar surface area (TPSA) is 161 Å². The zero-order valence-corrected chi connectivity index (χ0v) is 17.6. The predicted octanol–water partition coefficient (Wildman–Crippen LogP) is 0.468. The summed E-state index contributed by atoms with van der Waals surface area (Å²) in [6, 6.07) is 0. The summed E-state index contributed by atoms with van der Waals surface area (Å²) >= 11 is 2.44.